The quantitative estimate of drug-likeness (QED) is 0.274. The molecule has 8 heteroatoms. The minimum atomic E-state index is -0.839. The molecule has 0 aliphatic carbocycles. The molecular formula is C26H29FN4O3. The number of nitrogens with one attached hydrogen (secondary N) is 1. The number of nitrogens with zero attached hydrogens (tertiary/aromatic N) is 3. The standard InChI is InChI=1S/C26H29FN4O3/c1-4-5-16-34-25(33)15-14-19-10-9-13-22(27)21(19)17-24(32)28-26(2,3)23-18-31(30-29-23)20-11-7-6-8-12-20/h6-15,18H,4-5,16-17H2,1-3H3,(H,28,32)/b15-14+. The number of hydrogen-bond acceptors (Lipinski definition) is 5. The first kappa shape index (κ1) is 24.8. The van der Waals surface area contributed by atoms with Crippen LogP contribution >= 0.6 is 0 Å². The number of esters is 1. The molecule has 178 valence electrons. The molecule has 7 nitrogen and oxygen atoms in total. The molecule has 1 N–H and O–H groups in total. The van der Waals surface area contributed by atoms with Crippen molar-refractivity contribution >= 4 is 18.0 Å². The summed E-state index contributed by atoms with van der Waals surface area (Å²) in [5, 5.41) is 11.2. The largest absolute Gasteiger partial charge is 0.463 e. The highest BCUT2D eigenvalue weighted by Gasteiger charge is 2.27. The third-order valence-electron chi connectivity index (χ3n) is 5.24. The van der Waals surface area contributed by atoms with Crippen LogP contribution in [0.2, 0.25) is 0 Å². The Labute approximate surface area is 198 Å². The van der Waals surface area contributed by atoms with Gasteiger partial charge < -0.3 is 10.1 Å². The van der Waals surface area contributed by atoms with Crippen LogP contribution in [-0.4, -0.2) is 33.5 Å². The first-order valence-corrected chi connectivity index (χ1v) is 11.2. The smallest absolute Gasteiger partial charge is 0.330 e. The molecule has 34 heavy (non-hydrogen) atoms. The fourth-order valence-electron chi connectivity index (χ4n) is 3.32. The molecule has 0 aliphatic rings. The zero-order valence-electron chi connectivity index (χ0n) is 19.6. The van der Waals surface area contributed by atoms with Crippen molar-refractivity contribution in [1.29, 1.82) is 0 Å². The Morgan fingerprint density at radius 3 is 2.65 bits per heavy atom. The Bertz CT molecular complexity index is 1160. The number of ether oxygens (including phenoxy) is 1. The van der Waals surface area contributed by atoms with Gasteiger partial charge in [-0.2, -0.15) is 0 Å². The SMILES string of the molecule is CCCCOC(=O)/C=C/c1cccc(F)c1CC(=O)NC(C)(C)c1cn(-c2ccccc2)nn1. The van der Waals surface area contributed by atoms with Crippen LogP contribution in [0.15, 0.2) is 60.8 Å². The maximum atomic E-state index is 14.6. The van der Waals surface area contributed by atoms with E-state index in [9.17, 15) is 14.0 Å². The van der Waals surface area contributed by atoms with Gasteiger partial charge in [0.25, 0.3) is 0 Å². The van der Waals surface area contributed by atoms with Crippen LogP contribution in [0.3, 0.4) is 0 Å². The van der Waals surface area contributed by atoms with Crippen molar-refractivity contribution in [3.63, 3.8) is 0 Å². The predicted octanol–water partition coefficient (Wildman–Crippen LogP) is 4.36. The second kappa shape index (κ2) is 11.4. The number of amides is 1. The summed E-state index contributed by atoms with van der Waals surface area (Å²) in [5.41, 5.74) is 1.21. The van der Waals surface area contributed by atoms with E-state index in [-0.39, 0.29) is 17.9 Å². The topological polar surface area (TPSA) is 86.1 Å². The van der Waals surface area contributed by atoms with Gasteiger partial charge in [-0.25, -0.2) is 13.9 Å². The van der Waals surface area contributed by atoms with Crippen LogP contribution in [-0.2, 0) is 26.3 Å². The number of halogens is 1. The summed E-state index contributed by atoms with van der Waals surface area (Å²) in [6, 6.07) is 14.0. The van der Waals surface area contributed by atoms with Gasteiger partial charge in [-0.3, -0.25) is 4.79 Å². The molecule has 0 aliphatic heterocycles. The van der Waals surface area contributed by atoms with Crippen LogP contribution in [0, 0.1) is 5.82 Å². The maximum Gasteiger partial charge on any atom is 0.330 e. The van der Waals surface area contributed by atoms with Crippen molar-refractivity contribution in [3.8, 4) is 5.69 Å². The van der Waals surface area contributed by atoms with Gasteiger partial charge in [0.1, 0.15) is 11.5 Å². The van der Waals surface area contributed by atoms with Gasteiger partial charge in [-0.05, 0) is 50.1 Å². The number of para-hydroxylation sites is 1. The molecule has 3 aromatic rings. The molecule has 0 fully saturated rings. The molecule has 0 unspecified atom stereocenters. The van der Waals surface area contributed by atoms with Crippen molar-refractivity contribution < 1.29 is 18.7 Å². The van der Waals surface area contributed by atoms with Gasteiger partial charge in [-0.1, -0.05) is 48.9 Å². The van der Waals surface area contributed by atoms with Crippen LogP contribution in [0.1, 0.15) is 50.4 Å². The van der Waals surface area contributed by atoms with Crippen LogP contribution in [0.4, 0.5) is 4.39 Å². The van der Waals surface area contributed by atoms with Gasteiger partial charge in [-0.15, -0.1) is 5.10 Å². The van der Waals surface area contributed by atoms with Crippen LogP contribution < -0.4 is 5.32 Å². The van der Waals surface area contributed by atoms with E-state index < -0.39 is 17.3 Å². The number of carbonyl (C=O) groups is 2. The first-order valence-electron chi connectivity index (χ1n) is 11.2. The normalized spacial score (nSPS) is 11.5. The molecule has 0 radical (unpaired) electrons. The lowest BCUT2D eigenvalue weighted by atomic mass is 9.99. The number of rotatable bonds is 10. The van der Waals surface area contributed by atoms with E-state index in [4.69, 9.17) is 4.74 Å². The van der Waals surface area contributed by atoms with E-state index in [2.05, 4.69) is 15.6 Å². The van der Waals surface area contributed by atoms with Crippen molar-refractivity contribution in [1.82, 2.24) is 20.3 Å². The lowest BCUT2D eigenvalue weighted by Crippen LogP contribution is -2.42. The predicted molar refractivity (Wildman–Crippen MR) is 128 cm³/mol. The second-order valence-corrected chi connectivity index (χ2v) is 8.40. The van der Waals surface area contributed by atoms with Crippen LogP contribution in [0.25, 0.3) is 11.8 Å². The Morgan fingerprint density at radius 1 is 1.15 bits per heavy atom. The summed E-state index contributed by atoms with van der Waals surface area (Å²) in [4.78, 5) is 24.7. The molecule has 0 bridgehead atoms. The average molecular weight is 465 g/mol. The second-order valence-electron chi connectivity index (χ2n) is 8.40. The van der Waals surface area contributed by atoms with Gasteiger partial charge in [0.2, 0.25) is 5.91 Å². The fraction of sp³-hybridized carbons (Fsp3) is 0.308. The van der Waals surface area contributed by atoms with E-state index in [1.807, 2.05) is 37.3 Å². The molecular weight excluding hydrogens is 435 g/mol. The highest BCUT2D eigenvalue weighted by molar-refractivity contribution is 5.88. The van der Waals surface area contributed by atoms with Crippen molar-refractivity contribution in [3.05, 3.63) is 83.4 Å². The molecule has 1 amide bonds. The molecule has 0 atom stereocenters. The van der Waals surface area contributed by atoms with Gasteiger partial charge in [0, 0.05) is 11.6 Å². The van der Waals surface area contributed by atoms with Crippen molar-refractivity contribution in [2.24, 2.45) is 0 Å². The van der Waals surface area contributed by atoms with Crippen molar-refractivity contribution in [2.45, 2.75) is 45.6 Å². The highest BCUT2D eigenvalue weighted by Crippen LogP contribution is 2.21. The van der Waals surface area contributed by atoms with E-state index in [0.29, 0.717) is 17.9 Å². The molecule has 0 saturated heterocycles. The van der Waals surface area contributed by atoms with Gasteiger partial charge >= 0.3 is 5.97 Å². The van der Waals surface area contributed by atoms with E-state index in [0.717, 1.165) is 18.5 Å². The average Bonchev–Trinajstić information content (AvgIpc) is 3.31. The van der Waals surface area contributed by atoms with E-state index >= 15 is 0 Å². The number of aromatic nitrogens is 3. The maximum absolute atomic E-state index is 14.6. The Hall–Kier alpha value is -3.81. The lowest BCUT2D eigenvalue weighted by Gasteiger charge is -2.24. The Balaban J connectivity index is 1.70. The zero-order valence-corrected chi connectivity index (χ0v) is 19.6. The summed E-state index contributed by atoms with van der Waals surface area (Å²) < 4.78 is 21.3. The third-order valence-corrected chi connectivity index (χ3v) is 5.24. The summed E-state index contributed by atoms with van der Waals surface area (Å²) >= 11 is 0. The zero-order chi connectivity index (χ0) is 24.6. The minimum Gasteiger partial charge on any atom is -0.463 e. The lowest BCUT2D eigenvalue weighted by molar-refractivity contribution is -0.137. The number of hydrogen-bond donors (Lipinski definition) is 1. The summed E-state index contributed by atoms with van der Waals surface area (Å²) in [5.74, 6) is -1.41. The van der Waals surface area contributed by atoms with Crippen LogP contribution in [0.5, 0.6) is 0 Å². The Morgan fingerprint density at radius 2 is 1.91 bits per heavy atom. The van der Waals surface area contributed by atoms with Crippen molar-refractivity contribution in [2.75, 3.05) is 6.61 Å². The minimum absolute atomic E-state index is 0.196. The molecule has 0 saturated carbocycles. The highest BCUT2D eigenvalue weighted by atomic mass is 19.1. The monoisotopic (exact) mass is 464 g/mol. The van der Waals surface area contributed by atoms with E-state index in [1.54, 1.807) is 30.8 Å². The molecule has 1 heterocycles. The van der Waals surface area contributed by atoms with E-state index in [1.165, 1.54) is 24.3 Å². The molecule has 0 spiro atoms. The number of unbranched alkanes of at least 4 members (excludes halogenated alkanes) is 1. The summed E-state index contributed by atoms with van der Waals surface area (Å²) in [7, 11) is 0. The fourth-order valence-corrected chi connectivity index (χ4v) is 3.32. The number of carbonyl (C=O) groups excluding carboxylic acids is 2. The third kappa shape index (κ3) is 6.60. The van der Waals surface area contributed by atoms with Gasteiger partial charge in [0.15, 0.2) is 0 Å². The first-order chi connectivity index (χ1) is 16.3. The summed E-state index contributed by atoms with van der Waals surface area (Å²) in [6.07, 6.45) is 5.96. The molecule has 1 aromatic heterocycles. The Kier molecular flexibility index (Phi) is 8.29. The number of benzene rings is 2. The molecule has 2 aromatic carbocycles. The summed E-state index contributed by atoms with van der Waals surface area (Å²) in [6.45, 7) is 5.94. The van der Waals surface area contributed by atoms with Gasteiger partial charge in [0.05, 0.1) is 30.5 Å². The molecule has 3 rings (SSSR count).